The summed E-state index contributed by atoms with van der Waals surface area (Å²) in [5.74, 6) is 0.930. The fourth-order valence-electron chi connectivity index (χ4n) is 2.49. The zero-order chi connectivity index (χ0) is 15.7. The number of halogens is 1. The van der Waals surface area contributed by atoms with E-state index in [1.165, 1.54) is 4.88 Å². The number of thioether (sulfide) groups is 1. The Kier molecular flexibility index (Phi) is 10.6. The first-order valence-corrected chi connectivity index (χ1v) is 10.1. The van der Waals surface area contributed by atoms with Gasteiger partial charge in [-0.3, -0.25) is 4.99 Å². The van der Waals surface area contributed by atoms with Crippen molar-refractivity contribution in [3.8, 4) is 0 Å². The molecule has 0 aromatic carbocycles. The predicted molar refractivity (Wildman–Crippen MR) is 114 cm³/mol. The summed E-state index contributed by atoms with van der Waals surface area (Å²) in [6.07, 6.45) is 5.42. The van der Waals surface area contributed by atoms with Crippen LogP contribution >= 0.6 is 47.1 Å². The van der Waals surface area contributed by atoms with Gasteiger partial charge in [-0.1, -0.05) is 6.07 Å². The van der Waals surface area contributed by atoms with Crippen LogP contribution in [0.5, 0.6) is 0 Å². The number of guanidine groups is 1. The van der Waals surface area contributed by atoms with E-state index >= 15 is 0 Å². The molecule has 2 N–H and O–H groups in total. The van der Waals surface area contributed by atoms with Gasteiger partial charge >= 0.3 is 0 Å². The van der Waals surface area contributed by atoms with Gasteiger partial charge in [0.1, 0.15) is 0 Å². The van der Waals surface area contributed by atoms with Gasteiger partial charge in [0.15, 0.2) is 5.96 Å². The van der Waals surface area contributed by atoms with Crippen LogP contribution < -0.4 is 10.6 Å². The molecule has 23 heavy (non-hydrogen) atoms. The van der Waals surface area contributed by atoms with Crippen molar-refractivity contribution in [1.82, 2.24) is 10.6 Å². The van der Waals surface area contributed by atoms with Crippen molar-refractivity contribution in [2.75, 3.05) is 39.1 Å². The average Bonchev–Trinajstić information content (AvgIpc) is 3.07. The standard InChI is InChI=1S/C16H27N3OS2.HI/c1-3-17-15(18-9-6-14-5-4-12-22-14)19-13-16(21-2)7-10-20-11-8-16;/h4-5,12H,3,6-11,13H2,1-2H3,(H2,17,18,19);1H. The molecule has 0 amide bonds. The highest BCUT2D eigenvalue weighted by Gasteiger charge is 2.31. The van der Waals surface area contributed by atoms with E-state index in [9.17, 15) is 0 Å². The third-order valence-electron chi connectivity index (χ3n) is 3.95. The van der Waals surface area contributed by atoms with Gasteiger partial charge in [0.05, 0.1) is 6.54 Å². The van der Waals surface area contributed by atoms with E-state index in [0.717, 1.165) is 58.1 Å². The Balaban J connectivity index is 0.00000264. The molecule has 0 atom stereocenters. The largest absolute Gasteiger partial charge is 0.381 e. The van der Waals surface area contributed by atoms with Gasteiger partial charge in [-0.15, -0.1) is 35.3 Å². The van der Waals surface area contributed by atoms with Crippen molar-refractivity contribution in [1.29, 1.82) is 0 Å². The number of nitrogens with zero attached hydrogens (tertiary/aromatic N) is 1. The Morgan fingerprint density at radius 2 is 2.17 bits per heavy atom. The fraction of sp³-hybridized carbons (Fsp3) is 0.688. The van der Waals surface area contributed by atoms with Gasteiger partial charge in [0, 0.05) is 35.9 Å². The quantitative estimate of drug-likeness (QED) is 0.365. The van der Waals surface area contributed by atoms with Crippen LogP contribution in [0.2, 0.25) is 0 Å². The first-order chi connectivity index (χ1) is 10.8. The van der Waals surface area contributed by atoms with Gasteiger partial charge in [-0.25, -0.2) is 0 Å². The molecule has 2 rings (SSSR count). The van der Waals surface area contributed by atoms with E-state index in [2.05, 4.69) is 41.3 Å². The van der Waals surface area contributed by atoms with Crippen LogP contribution in [0.4, 0.5) is 0 Å². The molecule has 1 aliphatic heterocycles. The molecule has 0 aliphatic carbocycles. The summed E-state index contributed by atoms with van der Waals surface area (Å²) in [5.41, 5.74) is 0. The molecular weight excluding hydrogens is 441 g/mol. The molecule has 1 fully saturated rings. The molecule has 1 aromatic heterocycles. The first kappa shape index (κ1) is 21.1. The van der Waals surface area contributed by atoms with E-state index < -0.39 is 0 Å². The lowest BCUT2D eigenvalue weighted by Crippen LogP contribution is -2.41. The Bertz CT molecular complexity index is 448. The van der Waals surface area contributed by atoms with Gasteiger partial charge in [0.25, 0.3) is 0 Å². The predicted octanol–water partition coefficient (Wildman–Crippen LogP) is 3.38. The summed E-state index contributed by atoms with van der Waals surface area (Å²) in [4.78, 5) is 6.23. The Labute approximate surface area is 165 Å². The highest BCUT2D eigenvalue weighted by molar-refractivity contribution is 14.0. The third kappa shape index (κ3) is 7.19. The molecule has 0 saturated carbocycles. The molecule has 0 radical (unpaired) electrons. The number of hydrogen-bond donors (Lipinski definition) is 2. The van der Waals surface area contributed by atoms with Crippen molar-refractivity contribution in [2.45, 2.75) is 30.9 Å². The third-order valence-corrected chi connectivity index (χ3v) is 6.29. The summed E-state index contributed by atoms with van der Waals surface area (Å²) in [6, 6.07) is 4.29. The van der Waals surface area contributed by atoms with Gasteiger partial charge in [-0.2, -0.15) is 11.8 Å². The number of hydrogen-bond acceptors (Lipinski definition) is 4. The van der Waals surface area contributed by atoms with Crippen LogP contribution in [0.1, 0.15) is 24.6 Å². The summed E-state index contributed by atoms with van der Waals surface area (Å²) >= 11 is 3.74. The second-order valence-corrected chi connectivity index (χ2v) is 7.76. The molecule has 4 nitrogen and oxygen atoms in total. The molecule has 1 aliphatic rings. The van der Waals surface area contributed by atoms with E-state index in [1.54, 1.807) is 0 Å². The molecule has 2 heterocycles. The van der Waals surface area contributed by atoms with Crippen molar-refractivity contribution >= 4 is 53.0 Å². The van der Waals surface area contributed by atoms with Crippen molar-refractivity contribution in [2.24, 2.45) is 4.99 Å². The summed E-state index contributed by atoms with van der Waals surface area (Å²) in [5, 5.41) is 8.92. The molecular formula is C16H28IN3OS2. The normalized spacial score (nSPS) is 17.4. The summed E-state index contributed by atoms with van der Waals surface area (Å²) < 4.78 is 5.74. The van der Waals surface area contributed by atoms with Gasteiger partial charge in [-0.05, 0) is 43.9 Å². The SMILES string of the molecule is CCNC(=NCC1(SC)CCOCC1)NCCc1cccs1.I. The van der Waals surface area contributed by atoms with Crippen molar-refractivity contribution in [3.63, 3.8) is 0 Å². The lowest BCUT2D eigenvalue weighted by atomic mass is 9.99. The highest BCUT2D eigenvalue weighted by Crippen LogP contribution is 2.33. The van der Waals surface area contributed by atoms with Crippen LogP contribution in [-0.4, -0.2) is 49.8 Å². The number of aliphatic imine (C=N–C) groups is 1. The first-order valence-electron chi connectivity index (χ1n) is 7.95. The van der Waals surface area contributed by atoms with E-state index in [-0.39, 0.29) is 28.7 Å². The fourth-order valence-corrected chi connectivity index (χ4v) is 3.97. The molecule has 7 heteroatoms. The van der Waals surface area contributed by atoms with Crippen LogP contribution in [-0.2, 0) is 11.2 Å². The molecule has 0 unspecified atom stereocenters. The van der Waals surface area contributed by atoms with Crippen molar-refractivity contribution < 1.29 is 4.74 Å². The van der Waals surface area contributed by atoms with Crippen LogP contribution in [0.15, 0.2) is 22.5 Å². The molecule has 1 saturated heterocycles. The van der Waals surface area contributed by atoms with Gasteiger partial charge in [0.2, 0.25) is 0 Å². The number of rotatable bonds is 7. The summed E-state index contributed by atoms with van der Waals surface area (Å²) in [6.45, 7) is 6.49. The highest BCUT2D eigenvalue weighted by atomic mass is 127. The monoisotopic (exact) mass is 469 g/mol. The Morgan fingerprint density at radius 3 is 2.78 bits per heavy atom. The summed E-state index contributed by atoms with van der Waals surface area (Å²) in [7, 11) is 0. The molecule has 1 aromatic rings. The molecule has 132 valence electrons. The maximum Gasteiger partial charge on any atom is 0.191 e. The Morgan fingerprint density at radius 1 is 1.39 bits per heavy atom. The maximum absolute atomic E-state index is 5.50. The zero-order valence-electron chi connectivity index (χ0n) is 14.0. The van der Waals surface area contributed by atoms with Crippen molar-refractivity contribution in [3.05, 3.63) is 22.4 Å². The van der Waals surface area contributed by atoms with Crippen LogP contribution in [0.3, 0.4) is 0 Å². The van der Waals surface area contributed by atoms with E-state index in [4.69, 9.17) is 9.73 Å². The lowest BCUT2D eigenvalue weighted by molar-refractivity contribution is 0.0794. The number of thiophene rings is 1. The maximum atomic E-state index is 5.50. The van der Waals surface area contributed by atoms with Crippen LogP contribution in [0, 0.1) is 0 Å². The van der Waals surface area contributed by atoms with E-state index in [0.29, 0.717) is 0 Å². The molecule has 0 spiro atoms. The zero-order valence-corrected chi connectivity index (χ0v) is 17.9. The van der Waals surface area contributed by atoms with E-state index in [1.807, 2.05) is 23.1 Å². The minimum atomic E-state index is 0. The van der Waals surface area contributed by atoms with Crippen LogP contribution in [0.25, 0.3) is 0 Å². The average molecular weight is 469 g/mol. The number of ether oxygens (including phenoxy) is 1. The topological polar surface area (TPSA) is 45.7 Å². The van der Waals surface area contributed by atoms with Gasteiger partial charge < -0.3 is 15.4 Å². The minimum absolute atomic E-state index is 0. The number of nitrogens with one attached hydrogen (secondary N) is 2. The molecule has 0 bridgehead atoms. The smallest absolute Gasteiger partial charge is 0.191 e. The minimum Gasteiger partial charge on any atom is -0.381 e. The second-order valence-electron chi connectivity index (χ2n) is 5.45. The lowest BCUT2D eigenvalue weighted by Gasteiger charge is -2.34. The Hall–Kier alpha value is 0.01000. The second kappa shape index (κ2) is 11.5.